The lowest BCUT2D eigenvalue weighted by Gasteiger charge is -2.18. The van der Waals surface area contributed by atoms with E-state index in [1.807, 2.05) is 24.0 Å². The lowest BCUT2D eigenvalue weighted by Crippen LogP contribution is -2.34. The Morgan fingerprint density at radius 2 is 2.21 bits per heavy atom. The highest BCUT2D eigenvalue weighted by Crippen LogP contribution is 2.19. The number of carbonyl (C=O) groups excluding carboxylic acids is 1. The van der Waals surface area contributed by atoms with Crippen molar-refractivity contribution in [3.63, 3.8) is 0 Å². The quantitative estimate of drug-likeness (QED) is 0.742. The van der Waals surface area contributed by atoms with Crippen LogP contribution in [0.25, 0.3) is 6.08 Å². The number of carboxylic acid groups (broad SMARTS) is 1. The fourth-order valence-corrected chi connectivity index (χ4v) is 2.46. The van der Waals surface area contributed by atoms with E-state index >= 15 is 0 Å². The Bertz CT molecular complexity index is 468. The second kappa shape index (κ2) is 7.70. The summed E-state index contributed by atoms with van der Waals surface area (Å²) < 4.78 is 0. The van der Waals surface area contributed by atoms with Crippen LogP contribution >= 0.6 is 11.3 Å². The Balaban J connectivity index is 2.60. The van der Waals surface area contributed by atoms with E-state index < -0.39 is 5.97 Å². The molecule has 1 aromatic rings. The Hall–Kier alpha value is -1.66. The number of carboxylic acids is 1. The van der Waals surface area contributed by atoms with Crippen molar-refractivity contribution < 1.29 is 14.7 Å². The molecule has 0 spiro atoms. The number of hydrogen-bond donors (Lipinski definition) is 2. The lowest BCUT2D eigenvalue weighted by molar-refractivity contribution is -0.131. The van der Waals surface area contributed by atoms with Gasteiger partial charge in [-0.15, -0.1) is 11.3 Å². The van der Waals surface area contributed by atoms with Gasteiger partial charge in [0.2, 0.25) is 5.91 Å². The molecule has 1 aromatic heterocycles. The van der Waals surface area contributed by atoms with Gasteiger partial charge in [0.15, 0.2) is 0 Å². The third-order valence-corrected chi connectivity index (χ3v) is 3.58. The van der Waals surface area contributed by atoms with Crippen molar-refractivity contribution in [1.29, 1.82) is 0 Å². The minimum absolute atomic E-state index is 0.00981. The average Bonchev–Trinajstić information content (AvgIpc) is 2.83. The summed E-state index contributed by atoms with van der Waals surface area (Å²) in [6, 6.07) is 3.84. The van der Waals surface area contributed by atoms with Gasteiger partial charge < -0.3 is 10.4 Å². The molecule has 0 aromatic carbocycles. The molecule has 1 heterocycles. The molecule has 5 nitrogen and oxygen atoms in total. The summed E-state index contributed by atoms with van der Waals surface area (Å²) in [5.74, 6) is -0.964. The summed E-state index contributed by atoms with van der Waals surface area (Å²) in [5, 5.41) is 11.2. The standard InChI is InChI=1S/C13H18N2O3S/c1-3-15(9-12(16)14-2)8-11-5-4-10(19-11)6-7-13(17)18/h4-7H,3,8-9H2,1-2H3,(H,14,16)(H,17,18)/b7-6+. The van der Waals surface area contributed by atoms with Crippen LogP contribution in [0.3, 0.4) is 0 Å². The van der Waals surface area contributed by atoms with Crippen LogP contribution in [-0.2, 0) is 16.1 Å². The van der Waals surface area contributed by atoms with E-state index in [1.165, 1.54) is 11.3 Å². The van der Waals surface area contributed by atoms with Gasteiger partial charge in [-0.25, -0.2) is 4.79 Å². The van der Waals surface area contributed by atoms with Crippen LogP contribution in [0, 0.1) is 0 Å². The molecule has 2 N–H and O–H groups in total. The van der Waals surface area contributed by atoms with Crippen molar-refractivity contribution in [2.24, 2.45) is 0 Å². The van der Waals surface area contributed by atoms with Crippen molar-refractivity contribution in [3.8, 4) is 0 Å². The van der Waals surface area contributed by atoms with E-state index in [4.69, 9.17) is 5.11 Å². The topological polar surface area (TPSA) is 69.6 Å². The smallest absolute Gasteiger partial charge is 0.328 e. The van der Waals surface area contributed by atoms with E-state index in [1.54, 1.807) is 13.1 Å². The van der Waals surface area contributed by atoms with E-state index in [0.29, 0.717) is 13.1 Å². The fraction of sp³-hybridized carbons (Fsp3) is 0.385. The largest absolute Gasteiger partial charge is 0.478 e. The molecule has 0 aliphatic rings. The van der Waals surface area contributed by atoms with E-state index in [2.05, 4.69) is 5.32 Å². The zero-order valence-corrected chi connectivity index (χ0v) is 11.9. The van der Waals surface area contributed by atoms with Gasteiger partial charge in [0.1, 0.15) is 0 Å². The molecular formula is C13H18N2O3S. The monoisotopic (exact) mass is 282 g/mol. The highest BCUT2D eigenvalue weighted by molar-refractivity contribution is 7.12. The molecule has 0 fully saturated rings. The van der Waals surface area contributed by atoms with Crippen LogP contribution in [0.15, 0.2) is 18.2 Å². The van der Waals surface area contributed by atoms with E-state index in [0.717, 1.165) is 22.4 Å². The molecule has 0 atom stereocenters. The highest BCUT2D eigenvalue weighted by Gasteiger charge is 2.09. The van der Waals surface area contributed by atoms with Crippen molar-refractivity contribution in [3.05, 3.63) is 28.0 Å². The number of hydrogen-bond acceptors (Lipinski definition) is 4. The average molecular weight is 282 g/mol. The second-order valence-corrected chi connectivity index (χ2v) is 5.15. The maximum Gasteiger partial charge on any atom is 0.328 e. The molecule has 1 rings (SSSR count). The van der Waals surface area contributed by atoms with Crippen LogP contribution in [0.4, 0.5) is 0 Å². The van der Waals surface area contributed by atoms with Gasteiger partial charge in [-0.1, -0.05) is 6.92 Å². The predicted molar refractivity (Wildman–Crippen MR) is 76.0 cm³/mol. The minimum Gasteiger partial charge on any atom is -0.478 e. The minimum atomic E-state index is -0.954. The Morgan fingerprint density at radius 1 is 1.47 bits per heavy atom. The van der Waals surface area contributed by atoms with Gasteiger partial charge in [-0.2, -0.15) is 0 Å². The van der Waals surface area contributed by atoms with E-state index in [-0.39, 0.29) is 5.91 Å². The predicted octanol–water partition coefficient (Wildman–Crippen LogP) is 1.41. The molecular weight excluding hydrogens is 264 g/mol. The fourth-order valence-electron chi connectivity index (χ4n) is 1.50. The number of carbonyl (C=O) groups is 2. The number of nitrogens with zero attached hydrogens (tertiary/aromatic N) is 1. The number of aliphatic carboxylic acids is 1. The molecule has 104 valence electrons. The van der Waals surface area contributed by atoms with Gasteiger partial charge in [0.05, 0.1) is 6.54 Å². The number of rotatable bonds is 7. The molecule has 0 aliphatic heterocycles. The van der Waals surface area contributed by atoms with Crippen LogP contribution in [0.1, 0.15) is 16.7 Å². The summed E-state index contributed by atoms with van der Waals surface area (Å²) in [6.07, 6.45) is 2.70. The molecule has 0 saturated heterocycles. The number of amides is 1. The molecule has 0 aliphatic carbocycles. The molecule has 0 unspecified atom stereocenters. The molecule has 0 bridgehead atoms. The van der Waals surface area contributed by atoms with Crippen molar-refractivity contribution >= 4 is 29.3 Å². The number of thiophene rings is 1. The molecule has 0 radical (unpaired) electrons. The maximum atomic E-state index is 11.3. The van der Waals surface area contributed by atoms with Crippen LogP contribution < -0.4 is 5.32 Å². The molecule has 6 heteroatoms. The Kier molecular flexibility index (Phi) is 6.24. The van der Waals surface area contributed by atoms with Crippen molar-refractivity contribution in [2.45, 2.75) is 13.5 Å². The van der Waals surface area contributed by atoms with Gasteiger partial charge >= 0.3 is 5.97 Å². The molecule has 19 heavy (non-hydrogen) atoms. The van der Waals surface area contributed by atoms with Crippen LogP contribution in [-0.4, -0.2) is 42.0 Å². The van der Waals surface area contributed by atoms with Gasteiger partial charge in [0.25, 0.3) is 0 Å². The zero-order valence-electron chi connectivity index (χ0n) is 11.0. The maximum absolute atomic E-state index is 11.3. The summed E-state index contributed by atoms with van der Waals surface area (Å²) in [4.78, 5) is 25.8. The summed E-state index contributed by atoms with van der Waals surface area (Å²) in [6.45, 7) is 3.84. The van der Waals surface area contributed by atoms with Gasteiger partial charge in [-0.3, -0.25) is 9.69 Å². The zero-order chi connectivity index (χ0) is 14.3. The molecule has 1 amide bonds. The summed E-state index contributed by atoms with van der Waals surface area (Å²) in [5.41, 5.74) is 0. The third kappa shape index (κ3) is 5.67. The second-order valence-electron chi connectivity index (χ2n) is 3.95. The van der Waals surface area contributed by atoms with E-state index in [9.17, 15) is 9.59 Å². The first kappa shape index (κ1) is 15.4. The SMILES string of the molecule is CCN(CC(=O)NC)Cc1ccc(/C=C/C(=O)O)s1. The lowest BCUT2D eigenvalue weighted by atomic mass is 10.3. The van der Waals surface area contributed by atoms with Gasteiger partial charge in [-0.05, 0) is 24.8 Å². The van der Waals surface area contributed by atoms with Crippen molar-refractivity contribution in [1.82, 2.24) is 10.2 Å². The van der Waals surface area contributed by atoms with Gasteiger partial charge in [0, 0.05) is 29.4 Å². The third-order valence-electron chi connectivity index (χ3n) is 2.55. The van der Waals surface area contributed by atoms with Crippen LogP contribution in [0.2, 0.25) is 0 Å². The number of nitrogens with one attached hydrogen (secondary N) is 1. The summed E-state index contributed by atoms with van der Waals surface area (Å²) >= 11 is 1.53. The summed E-state index contributed by atoms with van der Waals surface area (Å²) in [7, 11) is 1.62. The Labute approximate surface area is 116 Å². The first-order valence-corrected chi connectivity index (χ1v) is 6.79. The first-order valence-electron chi connectivity index (χ1n) is 5.97. The normalized spacial score (nSPS) is 11.1. The highest BCUT2D eigenvalue weighted by atomic mass is 32.1. The van der Waals surface area contributed by atoms with Crippen LogP contribution in [0.5, 0.6) is 0 Å². The van der Waals surface area contributed by atoms with Crippen molar-refractivity contribution in [2.75, 3.05) is 20.1 Å². The Morgan fingerprint density at radius 3 is 2.79 bits per heavy atom. The molecule has 0 saturated carbocycles. The number of likely N-dealkylation sites (N-methyl/N-ethyl adjacent to an activating group) is 2. The first-order chi connectivity index (χ1) is 9.05.